The number of likely N-dealkylation sites (tertiary alicyclic amines) is 1. The Labute approximate surface area is 134 Å². The molecule has 0 spiro atoms. The van der Waals surface area contributed by atoms with Gasteiger partial charge in [0.15, 0.2) is 6.61 Å². The Hall–Kier alpha value is -2.18. The zero-order valence-electron chi connectivity index (χ0n) is 13.0. The Morgan fingerprint density at radius 3 is 2.96 bits per heavy atom. The summed E-state index contributed by atoms with van der Waals surface area (Å²) in [5, 5.41) is 10.9. The van der Waals surface area contributed by atoms with E-state index in [0.29, 0.717) is 12.0 Å². The predicted octanol–water partition coefficient (Wildman–Crippen LogP) is 2.55. The number of ether oxygens (including phenoxy) is 1. The van der Waals surface area contributed by atoms with Gasteiger partial charge < -0.3 is 19.8 Å². The largest absolute Gasteiger partial charge is 0.476 e. The molecule has 0 N–H and O–H groups in total. The van der Waals surface area contributed by atoms with Gasteiger partial charge in [0, 0.05) is 12.6 Å². The first-order valence-corrected chi connectivity index (χ1v) is 8.18. The number of carbonyl (C=O) groups excluding carboxylic acids is 1. The third kappa shape index (κ3) is 3.43. The summed E-state index contributed by atoms with van der Waals surface area (Å²) in [4.78, 5) is 28.5. The molecule has 2 atom stereocenters. The van der Waals surface area contributed by atoms with Crippen molar-refractivity contribution in [2.75, 3.05) is 13.2 Å². The van der Waals surface area contributed by atoms with Crippen molar-refractivity contribution in [3.05, 3.63) is 28.4 Å². The van der Waals surface area contributed by atoms with Crippen LogP contribution in [-0.2, 0) is 4.79 Å². The van der Waals surface area contributed by atoms with Crippen molar-refractivity contribution in [2.24, 2.45) is 5.92 Å². The average Bonchev–Trinajstić information content (AvgIpc) is 2.59. The van der Waals surface area contributed by atoms with Gasteiger partial charge in [0.1, 0.15) is 6.20 Å². The molecule has 7 nitrogen and oxygen atoms in total. The second-order valence-electron chi connectivity index (χ2n) is 6.21. The fraction of sp³-hybridized carbons (Fsp3) is 0.625. The van der Waals surface area contributed by atoms with Crippen molar-refractivity contribution in [1.29, 1.82) is 0 Å². The highest BCUT2D eigenvalue weighted by molar-refractivity contribution is 5.78. The number of rotatable bonds is 4. The zero-order valence-corrected chi connectivity index (χ0v) is 13.0. The first-order chi connectivity index (χ1) is 11.2. The van der Waals surface area contributed by atoms with Gasteiger partial charge >= 0.3 is 5.82 Å². The van der Waals surface area contributed by atoms with Gasteiger partial charge in [0.2, 0.25) is 5.75 Å². The Bertz CT molecular complexity index is 590. The summed E-state index contributed by atoms with van der Waals surface area (Å²) >= 11 is 0. The molecular formula is C16H21N3O4. The first-order valence-electron chi connectivity index (χ1n) is 8.18. The molecule has 124 valence electrons. The molecule has 2 aliphatic rings. The van der Waals surface area contributed by atoms with Gasteiger partial charge in [-0.05, 0) is 53.6 Å². The summed E-state index contributed by atoms with van der Waals surface area (Å²) in [5.74, 6) is 0.214. The van der Waals surface area contributed by atoms with Gasteiger partial charge in [-0.2, -0.15) is 0 Å². The van der Waals surface area contributed by atoms with Crippen molar-refractivity contribution < 1.29 is 14.5 Å². The molecule has 0 aromatic carbocycles. The monoisotopic (exact) mass is 319 g/mol. The van der Waals surface area contributed by atoms with Gasteiger partial charge in [0.25, 0.3) is 5.91 Å². The maximum Gasteiger partial charge on any atom is 0.406 e. The van der Waals surface area contributed by atoms with Crippen molar-refractivity contribution in [3.8, 4) is 5.75 Å². The van der Waals surface area contributed by atoms with Crippen molar-refractivity contribution in [1.82, 2.24) is 9.88 Å². The number of amides is 1. The molecule has 1 saturated heterocycles. The lowest BCUT2D eigenvalue weighted by Crippen LogP contribution is -2.51. The molecule has 2 fully saturated rings. The molecule has 23 heavy (non-hydrogen) atoms. The van der Waals surface area contributed by atoms with Gasteiger partial charge in [-0.3, -0.25) is 4.79 Å². The van der Waals surface area contributed by atoms with E-state index in [-0.39, 0.29) is 24.1 Å². The lowest BCUT2D eigenvalue weighted by Gasteiger charge is -2.44. The van der Waals surface area contributed by atoms with Crippen LogP contribution in [-0.4, -0.2) is 39.9 Å². The fourth-order valence-corrected chi connectivity index (χ4v) is 3.79. The smallest absolute Gasteiger partial charge is 0.406 e. The number of pyridine rings is 1. The standard InChI is InChI=1S/C16H21N3O4/c20-15(11-23-14-8-3-9-17-16(14)19(21)22)18-10-4-6-12-5-1-2-7-13(12)18/h3,8-9,12-13H,1-2,4-7,10-11H2/t12-,13-/m1/s1. The number of aromatic nitrogens is 1. The molecule has 1 amide bonds. The van der Waals surface area contributed by atoms with E-state index in [1.807, 2.05) is 4.90 Å². The summed E-state index contributed by atoms with van der Waals surface area (Å²) in [6, 6.07) is 3.35. The van der Waals surface area contributed by atoms with E-state index in [9.17, 15) is 14.9 Å². The van der Waals surface area contributed by atoms with E-state index in [2.05, 4.69) is 4.98 Å². The molecule has 1 aliphatic heterocycles. The SMILES string of the molecule is O=C(COc1cccnc1[N+](=O)[O-])N1CCC[C@H]2CCCC[C@H]21. The van der Waals surface area contributed by atoms with E-state index >= 15 is 0 Å². The van der Waals surface area contributed by atoms with Crippen LogP contribution >= 0.6 is 0 Å². The summed E-state index contributed by atoms with van der Waals surface area (Å²) in [6.45, 7) is 0.592. The third-order valence-corrected chi connectivity index (χ3v) is 4.84. The molecular weight excluding hydrogens is 298 g/mol. The van der Waals surface area contributed by atoms with E-state index in [0.717, 1.165) is 19.4 Å². The highest BCUT2D eigenvalue weighted by Crippen LogP contribution is 2.35. The van der Waals surface area contributed by atoms with E-state index in [1.54, 1.807) is 6.07 Å². The normalized spacial score (nSPS) is 23.9. The summed E-state index contributed by atoms with van der Waals surface area (Å²) < 4.78 is 5.40. The van der Waals surface area contributed by atoms with Crippen LogP contribution in [0.25, 0.3) is 0 Å². The molecule has 0 radical (unpaired) electrons. The highest BCUT2D eigenvalue weighted by atomic mass is 16.6. The molecule has 3 rings (SSSR count). The minimum Gasteiger partial charge on any atom is -0.476 e. The number of carbonyl (C=O) groups is 1. The number of hydrogen-bond donors (Lipinski definition) is 0. The van der Waals surface area contributed by atoms with Gasteiger partial charge in [-0.25, -0.2) is 0 Å². The Balaban J connectivity index is 1.64. The Morgan fingerprint density at radius 2 is 2.13 bits per heavy atom. The zero-order chi connectivity index (χ0) is 16.2. The molecule has 0 unspecified atom stereocenters. The summed E-state index contributed by atoms with van der Waals surface area (Å²) in [7, 11) is 0. The van der Waals surface area contributed by atoms with Crippen LogP contribution in [0.3, 0.4) is 0 Å². The van der Waals surface area contributed by atoms with Crippen molar-refractivity contribution in [2.45, 2.75) is 44.6 Å². The van der Waals surface area contributed by atoms with Crippen LogP contribution in [0.5, 0.6) is 5.75 Å². The lowest BCUT2D eigenvalue weighted by molar-refractivity contribution is -0.390. The molecule has 1 aliphatic carbocycles. The Kier molecular flexibility index (Phi) is 4.73. The maximum absolute atomic E-state index is 12.5. The lowest BCUT2D eigenvalue weighted by atomic mass is 9.78. The van der Waals surface area contributed by atoms with Crippen LogP contribution in [0, 0.1) is 16.0 Å². The van der Waals surface area contributed by atoms with Gasteiger partial charge in [0.05, 0.1) is 0 Å². The van der Waals surface area contributed by atoms with E-state index in [1.165, 1.54) is 37.9 Å². The third-order valence-electron chi connectivity index (χ3n) is 4.84. The minimum atomic E-state index is -0.599. The molecule has 2 heterocycles. The quantitative estimate of drug-likeness (QED) is 0.629. The number of nitrogens with zero attached hydrogens (tertiary/aromatic N) is 3. The number of hydrogen-bond acceptors (Lipinski definition) is 5. The van der Waals surface area contributed by atoms with E-state index < -0.39 is 4.92 Å². The molecule has 1 saturated carbocycles. The minimum absolute atomic E-state index is 0.0445. The van der Waals surface area contributed by atoms with Gasteiger partial charge in [-0.1, -0.05) is 12.8 Å². The number of nitro groups is 1. The van der Waals surface area contributed by atoms with Crippen LogP contribution in [0.4, 0.5) is 5.82 Å². The summed E-state index contributed by atoms with van der Waals surface area (Å²) in [5.41, 5.74) is 0. The van der Waals surface area contributed by atoms with Crippen molar-refractivity contribution in [3.63, 3.8) is 0 Å². The summed E-state index contributed by atoms with van der Waals surface area (Å²) in [6.07, 6.45) is 8.24. The second-order valence-corrected chi connectivity index (χ2v) is 6.21. The molecule has 0 bridgehead atoms. The van der Waals surface area contributed by atoms with Crippen molar-refractivity contribution >= 4 is 11.7 Å². The first kappa shape index (κ1) is 15.7. The van der Waals surface area contributed by atoms with Crippen LogP contribution in [0.1, 0.15) is 38.5 Å². The number of fused-ring (bicyclic) bond motifs is 1. The van der Waals surface area contributed by atoms with Crippen LogP contribution in [0.15, 0.2) is 18.3 Å². The highest BCUT2D eigenvalue weighted by Gasteiger charge is 2.35. The maximum atomic E-state index is 12.5. The fourth-order valence-electron chi connectivity index (χ4n) is 3.79. The molecule has 7 heteroatoms. The molecule has 1 aromatic rings. The number of piperidine rings is 1. The Morgan fingerprint density at radius 1 is 1.35 bits per heavy atom. The topological polar surface area (TPSA) is 85.6 Å². The second kappa shape index (κ2) is 6.93. The predicted molar refractivity (Wildman–Crippen MR) is 83.1 cm³/mol. The van der Waals surface area contributed by atoms with Gasteiger partial charge in [-0.15, -0.1) is 0 Å². The average molecular weight is 319 g/mol. The molecule has 1 aromatic heterocycles. The van der Waals surface area contributed by atoms with Crippen LogP contribution in [0.2, 0.25) is 0 Å². The van der Waals surface area contributed by atoms with E-state index in [4.69, 9.17) is 4.74 Å². The van der Waals surface area contributed by atoms with Crippen LogP contribution < -0.4 is 4.74 Å².